The highest BCUT2D eigenvalue weighted by Crippen LogP contribution is 2.20. The van der Waals surface area contributed by atoms with Crippen LogP contribution in [0.5, 0.6) is 0 Å². The van der Waals surface area contributed by atoms with Crippen LogP contribution < -0.4 is 16.2 Å². The second-order valence-electron chi connectivity index (χ2n) is 7.02. The van der Waals surface area contributed by atoms with E-state index in [9.17, 15) is 14.4 Å². The van der Waals surface area contributed by atoms with Crippen molar-refractivity contribution in [3.63, 3.8) is 0 Å². The molecule has 0 radical (unpaired) electrons. The van der Waals surface area contributed by atoms with Crippen LogP contribution in [0.4, 0.5) is 5.69 Å². The van der Waals surface area contributed by atoms with Gasteiger partial charge in [-0.3, -0.25) is 19.1 Å². The fourth-order valence-electron chi connectivity index (χ4n) is 3.13. The number of carbonyl (C=O) groups excluding carboxylic acids is 2. The number of hydrogen-bond donors (Lipinski definition) is 2. The number of carbonyl (C=O) groups is 2. The lowest BCUT2D eigenvalue weighted by Gasteiger charge is -2.15. The maximum absolute atomic E-state index is 13.2. The molecule has 1 atom stereocenters. The van der Waals surface area contributed by atoms with Gasteiger partial charge in [-0.2, -0.15) is 0 Å². The number of aromatic nitrogens is 2. The molecule has 0 unspecified atom stereocenters. The predicted octanol–water partition coefficient (Wildman–Crippen LogP) is 3.06. The van der Waals surface area contributed by atoms with Gasteiger partial charge >= 0.3 is 0 Å². The van der Waals surface area contributed by atoms with E-state index in [0.717, 1.165) is 6.42 Å². The molecule has 0 aliphatic rings. The zero-order valence-electron chi connectivity index (χ0n) is 16.9. The van der Waals surface area contributed by atoms with Crippen LogP contribution >= 0.6 is 0 Å². The molecule has 0 saturated carbocycles. The van der Waals surface area contributed by atoms with E-state index in [4.69, 9.17) is 0 Å². The summed E-state index contributed by atoms with van der Waals surface area (Å²) >= 11 is 0. The molecule has 3 rings (SSSR count). The molecule has 7 heteroatoms. The molecule has 0 bridgehead atoms. The molecule has 0 saturated heterocycles. The van der Waals surface area contributed by atoms with E-state index in [1.54, 1.807) is 29.8 Å². The van der Waals surface area contributed by atoms with E-state index in [1.165, 1.54) is 4.68 Å². The number of rotatable bonds is 7. The third-order valence-corrected chi connectivity index (χ3v) is 4.86. The smallest absolute Gasteiger partial charge is 0.279 e. The maximum Gasteiger partial charge on any atom is 0.279 e. The first-order chi connectivity index (χ1) is 13.9. The Kier molecular flexibility index (Phi) is 6.16. The Morgan fingerprint density at radius 1 is 1.03 bits per heavy atom. The van der Waals surface area contributed by atoms with Crippen molar-refractivity contribution in [2.45, 2.75) is 46.2 Å². The fraction of sp³-hybridized carbons (Fsp3) is 0.318. The Bertz CT molecular complexity index is 1080. The number of benzene rings is 2. The lowest BCUT2D eigenvalue weighted by Crippen LogP contribution is -2.36. The molecule has 7 nitrogen and oxygen atoms in total. The van der Waals surface area contributed by atoms with Crippen LogP contribution in [0.2, 0.25) is 0 Å². The van der Waals surface area contributed by atoms with Gasteiger partial charge in [0.25, 0.3) is 5.56 Å². The quantitative estimate of drug-likeness (QED) is 0.646. The highest BCUT2D eigenvalue weighted by Gasteiger charge is 2.18. The summed E-state index contributed by atoms with van der Waals surface area (Å²) in [6.07, 6.45) is 1.17. The van der Waals surface area contributed by atoms with Gasteiger partial charge in [0.1, 0.15) is 6.54 Å². The third-order valence-electron chi connectivity index (χ3n) is 4.86. The number of fused-ring (bicyclic) bond motifs is 1. The summed E-state index contributed by atoms with van der Waals surface area (Å²) in [6, 6.07) is 14.4. The standard InChI is InChI=1S/C22H26N4O3/c1-4-15(3)23-21(28)14-25-19-12-11-16(24-20(27)5-2)13-18(19)22(29)26(25)17-9-7-6-8-10-17/h6-13,15H,4-5,14H2,1-3H3,(H,23,28)(H,24,27)/t15-/m0/s1. The van der Waals surface area contributed by atoms with Crippen molar-refractivity contribution in [1.29, 1.82) is 0 Å². The van der Waals surface area contributed by atoms with E-state index in [0.29, 0.717) is 28.7 Å². The molecule has 0 aliphatic carbocycles. The Morgan fingerprint density at radius 3 is 2.41 bits per heavy atom. The summed E-state index contributed by atoms with van der Waals surface area (Å²) in [5, 5.41) is 6.17. The normalized spacial score (nSPS) is 12.0. The van der Waals surface area contributed by atoms with Gasteiger partial charge in [-0.15, -0.1) is 0 Å². The summed E-state index contributed by atoms with van der Waals surface area (Å²) in [4.78, 5) is 37.5. The van der Waals surface area contributed by atoms with E-state index in [-0.39, 0.29) is 30.0 Å². The van der Waals surface area contributed by atoms with Gasteiger partial charge in [0.2, 0.25) is 11.8 Å². The largest absolute Gasteiger partial charge is 0.352 e. The molecule has 152 valence electrons. The van der Waals surface area contributed by atoms with Crippen LogP contribution in [-0.4, -0.2) is 27.2 Å². The lowest BCUT2D eigenvalue weighted by atomic mass is 10.2. The van der Waals surface area contributed by atoms with Crippen LogP contribution in [0.15, 0.2) is 53.3 Å². The second-order valence-corrected chi connectivity index (χ2v) is 7.02. The highest BCUT2D eigenvalue weighted by molar-refractivity contribution is 5.93. The number of hydrogen-bond acceptors (Lipinski definition) is 3. The summed E-state index contributed by atoms with van der Waals surface area (Å²) in [6.45, 7) is 5.72. The fourth-order valence-corrected chi connectivity index (χ4v) is 3.13. The molecule has 3 aromatic rings. The number of anilines is 1. The van der Waals surface area contributed by atoms with Crippen molar-refractivity contribution in [2.75, 3.05) is 5.32 Å². The summed E-state index contributed by atoms with van der Waals surface area (Å²) < 4.78 is 3.18. The molecule has 2 N–H and O–H groups in total. The van der Waals surface area contributed by atoms with Gasteiger partial charge in [0.15, 0.2) is 0 Å². The van der Waals surface area contributed by atoms with Crippen LogP contribution in [0, 0.1) is 0 Å². The summed E-state index contributed by atoms with van der Waals surface area (Å²) in [5.74, 6) is -0.288. The molecule has 1 aromatic heterocycles. The molecular formula is C22H26N4O3. The number of para-hydroxylation sites is 1. The second kappa shape index (κ2) is 8.77. The van der Waals surface area contributed by atoms with Gasteiger partial charge in [0.05, 0.1) is 16.6 Å². The van der Waals surface area contributed by atoms with Crippen molar-refractivity contribution in [1.82, 2.24) is 14.7 Å². The van der Waals surface area contributed by atoms with Crippen molar-refractivity contribution in [3.05, 3.63) is 58.9 Å². The molecule has 2 amide bonds. The first-order valence-corrected chi connectivity index (χ1v) is 9.84. The van der Waals surface area contributed by atoms with Crippen LogP contribution in [-0.2, 0) is 16.1 Å². The van der Waals surface area contributed by atoms with Gasteiger partial charge in [-0.25, -0.2) is 4.68 Å². The van der Waals surface area contributed by atoms with E-state index in [2.05, 4.69) is 10.6 Å². The lowest BCUT2D eigenvalue weighted by molar-refractivity contribution is -0.122. The third kappa shape index (κ3) is 4.39. The van der Waals surface area contributed by atoms with Crippen LogP contribution in [0.1, 0.15) is 33.6 Å². The van der Waals surface area contributed by atoms with Crippen molar-refractivity contribution < 1.29 is 9.59 Å². The molecule has 1 heterocycles. The summed E-state index contributed by atoms with van der Waals surface area (Å²) in [5.41, 5.74) is 1.62. The van der Waals surface area contributed by atoms with E-state index in [1.807, 2.05) is 44.2 Å². The average molecular weight is 394 g/mol. The van der Waals surface area contributed by atoms with Crippen molar-refractivity contribution in [3.8, 4) is 5.69 Å². The zero-order valence-corrected chi connectivity index (χ0v) is 16.9. The molecule has 2 aromatic carbocycles. The van der Waals surface area contributed by atoms with Crippen LogP contribution in [0.3, 0.4) is 0 Å². The Hall–Kier alpha value is -3.35. The van der Waals surface area contributed by atoms with Crippen LogP contribution in [0.25, 0.3) is 16.6 Å². The van der Waals surface area contributed by atoms with Gasteiger partial charge in [-0.05, 0) is 43.7 Å². The molecule has 29 heavy (non-hydrogen) atoms. The molecular weight excluding hydrogens is 368 g/mol. The molecule has 0 aliphatic heterocycles. The minimum Gasteiger partial charge on any atom is -0.352 e. The molecule has 0 fully saturated rings. The first kappa shape index (κ1) is 20.4. The molecule has 0 spiro atoms. The average Bonchev–Trinajstić information content (AvgIpc) is 2.99. The Labute approximate surface area is 169 Å². The predicted molar refractivity (Wildman–Crippen MR) is 114 cm³/mol. The number of nitrogens with one attached hydrogen (secondary N) is 2. The Balaban J connectivity index is 2.12. The van der Waals surface area contributed by atoms with Crippen molar-refractivity contribution >= 4 is 28.4 Å². The van der Waals surface area contributed by atoms with Gasteiger partial charge in [-0.1, -0.05) is 32.0 Å². The first-order valence-electron chi connectivity index (χ1n) is 9.84. The SMILES string of the molecule is CCC(=O)Nc1ccc2c(c1)c(=O)n(-c1ccccc1)n2CC(=O)N[C@@H](C)CC. The van der Waals surface area contributed by atoms with Crippen molar-refractivity contribution in [2.24, 2.45) is 0 Å². The van der Waals surface area contributed by atoms with Gasteiger partial charge in [0, 0.05) is 18.2 Å². The monoisotopic (exact) mass is 394 g/mol. The van der Waals surface area contributed by atoms with E-state index >= 15 is 0 Å². The maximum atomic E-state index is 13.2. The summed E-state index contributed by atoms with van der Waals surface area (Å²) in [7, 11) is 0. The minimum atomic E-state index is -0.241. The zero-order chi connectivity index (χ0) is 21.0. The highest BCUT2D eigenvalue weighted by atomic mass is 16.2. The number of nitrogens with zero attached hydrogens (tertiary/aromatic N) is 2. The number of amides is 2. The minimum absolute atomic E-state index is 0.0125. The van der Waals surface area contributed by atoms with E-state index < -0.39 is 0 Å². The van der Waals surface area contributed by atoms with Gasteiger partial charge < -0.3 is 10.6 Å². The Morgan fingerprint density at radius 2 is 1.76 bits per heavy atom. The topological polar surface area (TPSA) is 85.1 Å².